The van der Waals surface area contributed by atoms with Crippen LogP contribution in [0.5, 0.6) is 0 Å². The van der Waals surface area contributed by atoms with Gasteiger partial charge in [0.25, 0.3) is 0 Å². The molecule has 1 aromatic carbocycles. The topological polar surface area (TPSA) is 22.4 Å². The molecular weight excluding hydrogens is 190 g/mol. The molecule has 4 heteroatoms. The summed E-state index contributed by atoms with van der Waals surface area (Å²) in [5, 5.41) is 0.150. The fraction of sp³-hybridized carbons (Fsp3) is 0.200. The van der Waals surface area contributed by atoms with Gasteiger partial charge in [-0.1, -0.05) is 0 Å². The van der Waals surface area contributed by atoms with Crippen molar-refractivity contribution in [2.24, 2.45) is 0 Å². The summed E-state index contributed by atoms with van der Waals surface area (Å²) in [6.07, 6.45) is 0. The van der Waals surface area contributed by atoms with Crippen molar-refractivity contribution in [1.82, 2.24) is 0 Å². The van der Waals surface area contributed by atoms with E-state index in [9.17, 15) is 8.78 Å². The fourth-order valence-electron chi connectivity index (χ4n) is 1.32. The highest BCUT2D eigenvalue weighted by Crippen LogP contribution is 2.24. The van der Waals surface area contributed by atoms with Crippen LogP contribution in [-0.2, 0) is 11.3 Å². The molecule has 0 atom stereocenters. The Kier molecular flexibility index (Phi) is 2.21. The van der Waals surface area contributed by atoms with Crippen molar-refractivity contribution < 1.29 is 17.9 Å². The van der Waals surface area contributed by atoms with Crippen molar-refractivity contribution >= 4 is 11.0 Å². The molecule has 0 radical (unpaired) electrons. The molecule has 2 aromatic rings. The van der Waals surface area contributed by atoms with Crippen LogP contribution in [-0.4, -0.2) is 7.11 Å². The SMILES string of the molecule is COCc1cc2c(F)c(F)ccc2o1. The highest BCUT2D eigenvalue weighted by atomic mass is 19.2. The highest BCUT2D eigenvalue weighted by molar-refractivity contribution is 5.78. The minimum atomic E-state index is -0.881. The first-order valence-corrected chi connectivity index (χ1v) is 4.07. The zero-order chi connectivity index (χ0) is 10.1. The minimum absolute atomic E-state index is 0.150. The number of hydrogen-bond acceptors (Lipinski definition) is 2. The van der Waals surface area contributed by atoms with E-state index < -0.39 is 11.6 Å². The normalized spacial score (nSPS) is 11.1. The molecule has 2 rings (SSSR count). The number of fused-ring (bicyclic) bond motifs is 1. The first-order chi connectivity index (χ1) is 6.72. The molecular formula is C10H8F2O2. The summed E-state index contributed by atoms with van der Waals surface area (Å²) in [5.74, 6) is -1.28. The van der Waals surface area contributed by atoms with Gasteiger partial charge >= 0.3 is 0 Å². The number of halogens is 2. The van der Waals surface area contributed by atoms with E-state index in [0.29, 0.717) is 11.3 Å². The van der Waals surface area contributed by atoms with Crippen LogP contribution >= 0.6 is 0 Å². The minimum Gasteiger partial charge on any atom is -0.458 e. The third kappa shape index (κ3) is 1.37. The Bertz CT molecular complexity index is 462. The fourth-order valence-corrected chi connectivity index (χ4v) is 1.32. The number of hydrogen-bond donors (Lipinski definition) is 0. The highest BCUT2D eigenvalue weighted by Gasteiger charge is 2.11. The predicted octanol–water partition coefficient (Wildman–Crippen LogP) is 2.86. The molecule has 14 heavy (non-hydrogen) atoms. The van der Waals surface area contributed by atoms with Gasteiger partial charge in [0.15, 0.2) is 11.6 Å². The third-order valence-electron chi connectivity index (χ3n) is 1.93. The van der Waals surface area contributed by atoms with Gasteiger partial charge in [-0.15, -0.1) is 0 Å². The Labute approximate surface area is 79.1 Å². The predicted molar refractivity (Wildman–Crippen MR) is 46.8 cm³/mol. The average molecular weight is 198 g/mol. The molecule has 0 saturated heterocycles. The van der Waals surface area contributed by atoms with Crippen LogP contribution < -0.4 is 0 Å². The van der Waals surface area contributed by atoms with Crippen LogP contribution in [0.1, 0.15) is 5.76 Å². The van der Waals surface area contributed by atoms with Crippen molar-refractivity contribution in [2.45, 2.75) is 6.61 Å². The summed E-state index contributed by atoms with van der Waals surface area (Å²) >= 11 is 0. The van der Waals surface area contributed by atoms with Gasteiger partial charge < -0.3 is 9.15 Å². The van der Waals surface area contributed by atoms with Gasteiger partial charge in [0.05, 0.1) is 5.39 Å². The molecule has 1 heterocycles. The Morgan fingerprint density at radius 2 is 2.14 bits per heavy atom. The van der Waals surface area contributed by atoms with Gasteiger partial charge in [-0.3, -0.25) is 0 Å². The van der Waals surface area contributed by atoms with Crippen LogP contribution in [0.3, 0.4) is 0 Å². The van der Waals surface area contributed by atoms with E-state index in [4.69, 9.17) is 9.15 Å². The molecule has 0 N–H and O–H groups in total. The van der Waals surface area contributed by atoms with E-state index in [0.717, 1.165) is 6.07 Å². The van der Waals surface area contributed by atoms with Crippen LogP contribution in [0.25, 0.3) is 11.0 Å². The summed E-state index contributed by atoms with van der Waals surface area (Å²) in [4.78, 5) is 0. The molecule has 0 aliphatic carbocycles. The Morgan fingerprint density at radius 3 is 2.86 bits per heavy atom. The number of methoxy groups -OCH3 is 1. The molecule has 0 aliphatic rings. The second-order valence-electron chi connectivity index (χ2n) is 2.92. The molecule has 2 nitrogen and oxygen atoms in total. The lowest BCUT2D eigenvalue weighted by Crippen LogP contribution is -1.82. The lowest BCUT2D eigenvalue weighted by atomic mass is 10.2. The van der Waals surface area contributed by atoms with Crippen molar-refractivity contribution in [3.05, 3.63) is 35.6 Å². The summed E-state index contributed by atoms with van der Waals surface area (Å²) in [6.45, 7) is 0.246. The molecule has 0 bridgehead atoms. The maximum atomic E-state index is 13.2. The quantitative estimate of drug-likeness (QED) is 0.740. The van der Waals surface area contributed by atoms with Gasteiger partial charge in [-0.2, -0.15) is 0 Å². The monoisotopic (exact) mass is 198 g/mol. The molecule has 0 unspecified atom stereocenters. The van der Waals surface area contributed by atoms with Gasteiger partial charge in [0.1, 0.15) is 18.0 Å². The van der Waals surface area contributed by atoms with Crippen molar-refractivity contribution in [3.63, 3.8) is 0 Å². The number of furan rings is 1. The first kappa shape index (κ1) is 9.15. The molecule has 0 saturated carbocycles. The zero-order valence-electron chi connectivity index (χ0n) is 7.51. The number of benzene rings is 1. The zero-order valence-corrected chi connectivity index (χ0v) is 7.51. The van der Waals surface area contributed by atoms with E-state index in [-0.39, 0.29) is 12.0 Å². The van der Waals surface area contributed by atoms with Crippen LogP contribution in [0.4, 0.5) is 8.78 Å². The molecule has 0 fully saturated rings. The van der Waals surface area contributed by atoms with E-state index in [2.05, 4.69) is 0 Å². The van der Waals surface area contributed by atoms with Crippen LogP contribution in [0, 0.1) is 11.6 Å². The van der Waals surface area contributed by atoms with E-state index in [1.54, 1.807) is 0 Å². The number of rotatable bonds is 2. The summed E-state index contributed by atoms with van der Waals surface area (Å²) < 4.78 is 36.0. The molecule has 0 amide bonds. The van der Waals surface area contributed by atoms with Crippen LogP contribution in [0.2, 0.25) is 0 Å². The van der Waals surface area contributed by atoms with Crippen molar-refractivity contribution in [3.8, 4) is 0 Å². The Hall–Kier alpha value is -1.42. The molecule has 1 aromatic heterocycles. The summed E-state index contributed by atoms with van der Waals surface area (Å²) in [6, 6.07) is 3.88. The van der Waals surface area contributed by atoms with E-state index in [1.165, 1.54) is 19.2 Å². The molecule has 0 aliphatic heterocycles. The number of ether oxygens (including phenoxy) is 1. The summed E-state index contributed by atoms with van der Waals surface area (Å²) in [7, 11) is 1.50. The standard InChI is InChI=1S/C10H8F2O2/c1-13-5-6-4-7-9(14-6)3-2-8(11)10(7)12/h2-4H,5H2,1H3. The van der Waals surface area contributed by atoms with Crippen LogP contribution in [0.15, 0.2) is 22.6 Å². The Balaban J connectivity index is 2.59. The second-order valence-corrected chi connectivity index (χ2v) is 2.92. The van der Waals surface area contributed by atoms with Gasteiger partial charge in [-0.05, 0) is 18.2 Å². The van der Waals surface area contributed by atoms with E-state index >= 15 is 0 Å². The first-order valence-electron chi connectivity index (χ1n) is 4.07. The summed E-state index contributed by atoms with van der Waals surface area (Å²) in [5.41, 5.74) is 0.330. The average Bonchev–Trinajstić information content (AvgIpc) is 2.56. The van der Waals surface area contributed by atoms with Gasteiger partial charge in [0, 0.05) is 7.11 Å². The maximum Gasteiger partial charge on any atom is 0.169 e. The van der Waals surface area contributed by atoms with E-state index in [1.807, 2.05) is 0 Å². The van der Waals surface area contributed by atoms with Gasteiger partial charge in [0.2, 0.25) is 0 Å². The lowest BCUT2D eigenvalue weighted by molar-refractivity contribution is 0.166. The molecule has 74 valence electrons. The smallest absolute Gasteiger partial charge is 0.169 e. The van der Waals surface area contributed by atoms with Crippen molar-refractivity contribution in [1.29, 1.82) is 0 Å². The van der Waals surface area contributed by atoms with Crippen molar-refractivity contribution in [2.75, 3.05) is 7.11 Å². The Morgan fingerprint density at radius 1 is 1.36 bits per heavy atom. The molecule has 0 spiro atoms. The lowest BCUT2D eigenvalue weighted by Gasteiger charge is -1.91. The maximum absolute atomic E-state index is 13.2. The third-order valence-corrected chi connectivity index (χ3v) is 1.93. The second kappa shape index (κ2) is 3.38. The van der Waals surface area contributed by atoms with Gasteiger partial charge in [-0.25, -0.2) is 8.78 Å². The largest absolute Gasteiger partial charge is 0.458 e.